The van der Waals surface area contributed by atoms with Crippen molar-refractivity contribution >= 4 is 27.5 Å². The van der Waals surface area contributed by atoms with Crippen molar-refractivity contribution in [1.82, 2.24) is 5.32 Å². The number of nitrogens with one attached hydrogen (secondary N) is 2. The highest BCUT2D eigenvalue weighted by molar-refractivity contribution is 9.10. The molecule has 0 bridgehead atoms. The third-order valence-electron chi connectivity index (χ3n) is 2.11. The third-order valence-corrected chi connectivity index (χ3v) is 2.61. The Bertz CT molecular complexity index is 423. The smallest absolute Gasteiger partial charge is 0.242 e. The summed E-state index contributed by atoms with van der Waals surface area (Å²) in [6.07, 6.45) is 1.59. The first kappa shape index (κ1) is 13.7. The summed E-state index contributed by atoms with van der Waals surface area (Å²) in [6.45, 7) is 5.56. The van der Waals surface area contributed by atoms with Gasteiger partial charge in [0, 0.05) is 11.0 Å². The summed E-state index contributed by atoms with van der Waals surface area (Å²) >= 11 is 3.24. The Morgan fingerprint density at radius 1 is 1.65 bits per heavy atom. The van der Waals surface area contributed by atoms with Gasteiger partial charge in [0.1, 0.15) is 11.9 Å². The number of halogens is 2. The second kappa shape index (κ2) is 6.39. The van der Waals surface area contributed by atoms with Gasteiger partial charge in [0.15, 0.2) is 0 Å². The van der Waals surface area contributed by atoms with E-state index in [9.17, 15) is 9.18 Å². The molecule has 0 saturated heterocycles. The fourth-order valence-corrected chi connectivity index (χ4v) is 1.59. The predicted molar refractivity (Wildman–Crippen MR) is 70.4 cm³/mol. The van der Waals surface area contributed by atoms with Gasteiger partial charge in [0.05, 0.1) is 5.69 Å². The lowest BCUT2D eigenvalue weighted by atomic mass is 10.2. The number of hydrogen-bond donors (Lipinski definition) is 2. The molecule has 1 aromatic carbocycles. The molecule has 0 fully saturated rings. The van der Waals surface area contributed by atoms with E-state index in [1.165, 1.54) is 6.07 Å². The number of benzene rings is 1. The van der Waals surface area contributed by atoms with Crippen LogP contribution < -0.4 is 10.6 Å². The van der Waals surface area contributed by atoms with Crippen LogP contribution in [-0.2, 0) is 4.79 Å². The summed E-state index contributed by atoms with van der Waals surface area (Å²) in [6, 6.07) is 4.01. The zero-order valence-electron chi connectivity index (χ0n) is 9.47. The maximum Gasteiger partial charge on any atom is 0.242 e. The number of hydrogen-bond acceptors (Lipinski definition) is 2. The molecule has 0 aliphatic rings. The van der Waals surface area contributed by atoms with E-state index < -0.39 is 11.9 Å². The zero-order chi connectivity index (χ0) is 12.8. The molecule has 0 spiro atoms. The molecule has 0 radical (unpaired) electrons. The van der Waals surface area contributed by atoms with E-state index in [1.807, 2.05) is 0 Å². The first-order valence-corrected chi connectivity index (χ1v) is 5.94. The Morgan fingerprint density at radius 3 is 3.00 bits per heavy atom. The van der Waals surface area contributed by atoms with Crippen LogP contribution in [0.3, 0.4) is 0 Å². The quantitative estimate of drug-likeness (QED) is 0.821. The van der Waals surface area contributed by atoms with Crippen molar-refractivity contribution in [2.75, 3.05) is 11.9 Å². The lowest BCUT2D eigenvalue weighted by molar-refractivity contribution is -0.121. The Balaban J connectivity index is 2.66. The fourth-order valence-electron chi connectivity index (χ4n) is 1.23. The Labute approximate surface area is 108 Å². The molecule has 0 aliphatic carbocycles. The van der Waals surface area contributed by atoms with Gasteiger partial charge in [0.25, 0.3) is 0 Å². The first-order valence-electron chi connectivity index (χ1n) is 5.14. The van der Waals surface area contributed by atoms with Crippen LogP contribution in [0.5, 0.6) is 0 Å². The lowest BCUT2D eigenvalue weighted by Gasteiger charge is -2.15. The molecule has 17 heavy (non-hydrogen) atoms. The molecule has 1 atom stereocenters. The van der Waals surface area contributed by atoms with Crippen LogP contribution in [0.1, 0.15) is 6.92 Å². The van der Waals surface area contributed by atoms with Gasteiger partial charge in [-0.05, 0) is 25.1 Å². The molecule has 1 rings (SSSR count). The largest absolute Gasteiger partial charge is 0.371 e. The van der Waals surface area contributed by atoms with Crippen LogP contribution >= 0.6 is 15.9 Å². The Kier molecular flexibility index (Phi) is 5.15. The highest BCUT2D eigenvalue weighted by Gasteiger charge is 2.13. The molecule has 92 valence electrons. The van der Waals surface area contributed by atoms with Crippen LogP contribution in [0.25, 0.3) is 0 Å². The summed E-state index contributed by atoms with van der Waals surface area (Å²) in [5, 5.41) is 5.44. The highest BCUT2D eigenvalue weighted by Crippen LogP contribution is 2.20. The van der Waals surface area contributed by atoms with Crippen molar-refractivity contribution in [2.45, 2.75) is 13.0 Å². The summed E-state index contributed by atoms with van der Waals surface area (Å²) in [4.78, 5) is 11.5. The van der Waals surface area contributed by atoms with Crippen molar-refractivity contribution in [3.8, 4) is 0 Å². The van der Waals surface area contributed by atoms with Gasteiger partial charge in [-0.25, -0.2) is 4.39 Å². The Hall–Kier alpha value is -1.36. The molecular formula is C12H14BrFN2O. The fraction of sp³-hybridized carbons (Fsp3) is 0.250. The van der Waals surface area contributed by atoms with Crippen LogP contribution in [0, 0.1) is 5.82 Å². The van der Waals surface area contributed by atoms with Gasteiger partial charge in [0.2, 0.25) is 5.91 Å². The summed E-state index contributed by atoms with van der Waals surface area (Å²) in [7, 11) is 0. The monoisotopic (exact) mass is 300 g/mol. The molecule has 5 heteroatoms. The van der Waals surface area contributed by atoms with E-state index in [1.54, 1.807) is 25.1 Å². The maximum atomic E-state index is 13.4. The van der Waals surface area contributed by atoms with E-state index >= 15 is 0 Å². The molecule has 3 nitrogen and oxygen atoms in total. The van der Waals surface area contributed by atoms with Gasteiger partial charge in [-0.2, -0.15) is 0 Å². The molecule has 1 aromatic rings. The molecular weight excluding hydrogens is 287 g/mol. The van der Waals surface area contributed by atoms with Crippen LogP contribution in [0.2, 0.25) is 0 Å². The molecule has 0 aromatic heterocycles. The van der Waals surface area contributed by atoms with Crippen molar-refractivity contribution in [1.29, 1.82) is 0 Å². The van der Waals surface area contributed by atoms with Gasteiger partial charge in [-0.15, -0.1) is 6.58 Å². The zero-order valence-corrected chi connectivity index (χ0v) is 11.1. The van der Waals surface area contributed by atoms with Gasteiger partial charge in [-0.3, -0.25) is 4.79 Å². The minimum Gasteiger partial charge on any atom is -0.371 e. The van der Waals surface area contributed by atoms with Gasteiger partial charge in [-0.1, -0.05) is 22.0 Å². The molecule has 0 aliphatic heterocycles. The first-order chi connectivity index (χ1) is 8.04. The number of rotatable bonds is 5. The Morgan fingerprint density at radius 2 is 2.35 bits per heavy atom. The number of anilines is 1. The van der Waals surface area contributed by atoms with Crippen LogP contribution in [-0.4, -0.2) is 18.5 Å². The third kappa shape index (κ3) is 4.19. The second-order valence-electron chi connectivity index (χ2n) is 3.52. The normalized spacial score (nSPS) is 11.7. The molecule has 0 saturated carbocycles. The molecule has 0 heterocycles. The van der Waals surface area contributed by atoms with Crippen molar-refractivity contribution < 1.29 is 9.18 Å². The van der Waals surface area contributed by atoms with E-state index in [0.717, 1.165) is 4.47 Å². The predicted octanol–water partition coefficient (Wildman–Crippen LogP) is 2.69. The summed E-state index contributed by atoms with van der Waals surface area (Å²) in [5.74, 6) is -0.596. The van der Waals surface area contributed by atoms with Crippen molar-refractivity contribution in [2.24, 2.45) is 0 Å². The minimum absolute atomic E-state index is 0.204. The number of carbonyl (C=O) groups excluding carboxylic acids is 1. The van der Waals surface area contributed by atoms with Gasteiger partial charge < -0.3 is 10.6 Å². The van der Waals surface area contributed by atoms with Crippen molar-refractivity contribution in [3.63, 3.8) is 0 Å². The van der Waals surface area contributed by atoms with E-state index in [-0.39, 0.29) is 5.91 Å². The van der Waals surface area contributed by atoms with Crippen LogP contribution in [0.4, 0.5) is 10.1 Å². The average molecular weight is 301 g/mol. The number of amides is 1. The maximum absolute atomic E-state index is 13.4. The topological polar surface area (TPSA) is 41.1 Å². The van der Waals surface area contributed by atoms with E-state index in [0.29, 0.717) is 12.2 Å². The average Bonchev–Trinajstić information content (AvgIpc) is 2.30. The van der Waals surface area contributed by atoms with Gasteiger partial charge >= 0.3 is 0 Å². The van der Waals surface area contributed by atoms with Crippen LogP contribution in [0.15, 0.2) is 35.3 Å². The standard InChI is InChI=1S/C12H14BrFN2O/c1-3-6-15-12(17)8(2)16-11-7-9(13)4-5-10(11)14/h3-5,7-8,16H,1,6H2,2H3,(H,15,17). The molecule has 1 unspecified atom stereocenters. The minimum atomic E-state index is -0.515. The summed E-state index contributed by atoms with van der Waals surface area (Å²) in [5.41, 5.74) is 0.292. The molecule has 1 amide bonds. The highest BCUT2D eigenvalue weighted by atomic mass is 79.9. The SMILES string of the molecule is C=CCNC(=O)C(C)Nc1cc(Br)ccc1F. The van der Waals surface area contributed by atoms with E-state index in [4.69, 9.17) is 0 Å². The van der Waals surface area contributed by atoms with Crippen molar-refractivity contribution in [3.05, 3.63) is 41.1 Å². The number of carbonyl (C=O) groups is 1. The molecule has 2 N–H and O–H groups in total. The summed E-state index contributed by atoms with van der Waals surface area (Å²) < 4.78 is 14.2. The lowest BCUT2D eigenvalue weighted by Crippen LogP contribution is -2.37. The second-order valence-corrected chi connectivity index (χ2v) is 4.44. The van der Waals surface area contributed by atoms with E-state index in [2.05, 4.69) is 33.1 Å².